The molecule has 1 aromatic heterocycles. The van der Waals surface area contributed by atoms with E-state index in [9.17, 15) is 4.79 Å². The van der Waals surface area contributed by atoms with Crippen LogP contribution in [0.5, 0.6) is 0 Å². The molecular weight excluding hydrogens is 376 g/mol. The van der Waals surface area contributed by atoms with Crippen molar-refractivity contribution in [2.75, 3.05) is 11.1 Å². The van der Waals surface area contributed by atoms with Crippen molar-refractivity contribution >= 4 is 49.3 Å². The first kappa shape index (κ1) is 14.0. The van der Waals surface area contributed by atoms with Crippen molar-refractivity contribution in [1.82, 2.24) is 9.97 Å². The van der Waals surface area contributed by atoms with Crippen LogP contribution in [-0.4, -0.2) is 15.9 Å². The number of nitrogen functional groups attached to an aromatic ring is 1. The molecule has 0 aliphatic carbocycles. The third-order valence-electron chi connectivity index (χ3n) is 2.43. The Hall–Kier alpha value is -1.47. The Kier molecular flexibility index (Phi) is 4.16. The molecule has 0 fully saturated rings. The average Bonchev–Trinajstić information content (AvgIpc) is 2.32. The Morgan fingerprint density at radius 3 is 2.74 bits per heavy atom. The highest BCUT2D eigenvalue weighted by Crippen LogP contribution is 2.21. The van der Waals surface area contributed by atoms with E-state index in [-0.39, 0.29) is 5.91 Å². The van der Waals surface area contributed by atoms with Crippen molar-refractivity contribution in [2.45, 2.75) is 6.92 Å². The molecule has 5 nitrogen and oxygen atoms in total. The summed E-state index contributed by atoms with van der Waals surface area (Å²) in [4.78, 5) is 20.3. The first-order chi connectivity index (χ1) is 8.97. The number of halogens is 2. The molecule has 0 saturated carbocycles. The Morgan fingerprint density at radius 1 is 1.37 bits per heavy atom. The van der Waals surface area contributed by atoms with Crippen molar-refractivity contribution in [3.63, 3.8) is 0 Å². The molecule has 2 aromatic rings. The molecule has 1 amide bonds. The molecule has 0 aliphatic rings. The highest BCUT2D eigenvalue weighted by atomic mass is 79.9. The summed E-state index contributed by atoms with van der Waals surface area (Å²) in [5.41, 5.74) is 7.63. The lowest BCUT2D eigenvalue weighted by Crippen LogP contribution is -2.15. The molecule has 2 rings (SSSR count). The van der Waals surface area contributed by atoms with E-state index in [0.717, 1.165) is 5.56 Å². The number of rotatable bonds is 2. The number of nitrogens with zero attached hydrogens (tertiary/aromatic N) is 2. The average molecular weight is 386 g/mol. The number of hydrogen-bond donors (Lipinski definition) is 2. The number of nitrogens with one attached hydrogen (secondary N) is 1. The predicted molar refractivity (Wildman–Crippen MR) is 81.0 cm³/mol. The van der Waals surface area contributed by atoms with Crippen LogP contribution in [0, 0.1) is 6.92 Å². The fourth-order valence-electron chi connectivity index (χ4n) is 1.55. The van der Waals surface area contributed by atoms with Crippen molar-refractivity contribution in [3.05, 3.63) is 44.7 Å². The molecule has 0 bridgehead atoms. The Balaban J connectivity index is 2.25. The van der Waals surface area contributed by atoms with Crippen molar-refractivity contribution in [3.8, 4) is 0 Å². The minimum absolute atomic E-state index is 0.255. The van der Waals surface area contributed by atoms with Gasteiger partial charge in [-0.15, -0.1) is 0 Å². The van der Waals surface area contributed by atoms with Crippen LogP contribution in [0.1, 0.15) is 15.9 Å². The topological polar surface area (TPSA) is 80.9 Å². The second-order valence-electron chi connectivity index (χ2n) is 3.86. The predicted octanol–water partition coefficient (Wildman–Crippen LogP) is 3.14. The van der Waals surface area contributed by atoms with Crippen LogP contribution in [-0.2, 0) is 0 Å². The SMILES string of the molecule is Cc1cc(N)ccc1C(=O)Nc1ncc(Br)nc1Br. The minimum Gasteiger partial charge on any atom is -0.399 e. The number of amides is 1. The van der Waals surface area contributed by atoms with E-state index in [0.29, 0.717) is 26.3 Å². The zero-order chi connectivity index (χ0) is 14.0. The summed E-state index contributed by atoms with van der Waals surface area (Å²) in [6, 6.07) is 5.11. The Labute approximate surface area is 126 Å². The van der Waals surface area contributed by atoms with Gasteiger partial charge < -0.3 is 11.1 Å². The summed E-state index contributed by atoms with van der Waals surface area (Å²) in [5.74, 6) is 0.110. The maximum atomic E-state index is 12.1. The van der Waals surface area contributed by atoms with Crippen molar-refractivity contribution < 1.29 is 4.79 Å². The molecule has 0 atom stereocenters. The first-order valence-corrected chi connectivity index (χ1v) is 6.91. The molecular formula is C12H10Br2N4O. The third-order valence-corrected chi connectivity index (χ3v) is 3.36. The number of benzene rings is 1. The number of nitrogens with two attached hydrogens (primary N) is 1. The van der Waals surface area contributed by atoms with Gasteiger partial charge in [0.15, 0.2) is 5.82 Å². The molecule has 0 spiro atoms. The van der Waals surface area contributed by atoms with E-state index in [4.69, 9.17) is 5.73 Å². The van der Waals surface area contributed by atoms with Gasteiger partial charge >= 0.3 is 0 Å². The van der Waals surface area contributed by atoms with Gasteiger partial charge in [-0.05, 0) is 62.5 Å². The highest BCUT2D eigenvalue weighted by Gasteiger charge is 2.12. The van der Waals surface area contributed by atoms with Gasteiger partial charge in [-0.1, -0.05) is 0 Å². The third kappa shape index (κ3) is 3.30. The molecule has 98 valence electrons. The lowest BCUT2D eigenvalue weighted by atomic mass is 10.1. The van der Waals surface area contributed by atoms with Gasteiger partial charge in [0.05, 0.1) is 6.20 Å². The Morgan fingerprint density at radius 2 is 2.11 bits per heavy atom. The quantitative estimate of drug-likeness (QED) is 0.778. The minimum atomic E-state index is -0.255. The molecule has 7 heteroatoms. The number of aryl methyl sites for hydroxylation is 1. The van der Waals surface area contributed by atoms with Gasteiger partial charge in [-0.2, -0.15) is 0 Å². The summed E-state index contributed by atoms with van der Waals surface area (Å²) in [5, 5.41) is 2.69. The highest BCUT2D eigenvalue weighted by molar-refractivity contribution is 9.11. The van der Waals surface area contributed by atoms with Crippen LogP contribution in [0.3, 0.4) is 0 Å². The standard InChI is InChI=1S/C12H10Br2N4O/c1-6-4-7(15)2-3-8(6)12(19)18-11-10(14)17-9(13)5-16-11/h2-5H,15H2,1H3,(H,16,18,19). The summed E-state index contributed by atoms with van der Waals surface area (Å²) in [6.45, 7) is 1.83. The van der Waals surface area contributed by atoms with Gasteiger partial charge in [-0.3, -0.25) is 4.79 Å². The van der Waals surface area contributed by atoms with Gasteiger partial charge in [0.2, 0.25) is 0 Å². The zero-order valence-corrected chi connectivity index (χ0v) is 13.1. The maximum absolute atomic E-state index is 12.1. The lowest BCUT2D eigenvalue weighted by molar-refractivity contribution is 0.102. The largest absolute Gasteiger partial charge is 0.399 e. The smallest absolute Gasteiger partial charge is 0.257 e. The molecule has 0 unspecified atom stereocenters. The second kappa shape index (κ2) is 5.66. The fraction of sp³-hybridized carbons (Fsp3) is 0.0833. The molecule has 0 saturated heterocycles. The molecule has 19 heavy (non-hydrogen) atoms. The van der Waals surface area contributed by atoms with Crippen LogP contribution in [0.25, 0.3) is 0 Å². The maximum Gasteiger partial charge on any atom is 0.257 e. The van der Waals surface area contributed by atoms with E-state index < -0.39 is 0 Å². The zero-order valence-electron chi connectivity index (χ0n) is 9.95. The van der Waals surface area contributed by atoms with Gasteiger partial charge in [-0.25, -0.2) is 9.97 Å². The van der Waals surface area contributed by atoms with Gasteiger partial charge in [0, 0.05) is 11.3 Å². The summed E-state index contributed by atoms with van der Waals surface area (Å²) >= 11 is 6.44. The Bertz CT molecular complexity index is 646. The molecule has 1 aromatic carbocycles. The van der Waals surface area contributed by atoms with E-state index in [2.05, 4.69) is 47.1 Å². The molecule has 3 N–H and O–H groups in total. The molecule has 0 aliphatic heterocycles. The molecule has 0 radical (unpaired) electrons. The second-order valence-corrected chi connectivity index (χ2v) is 5.42. The van der Waals surface area contributed by atoms with Crippen LogP contribution < -0.4 is 11.1 Å². The number of carbonyl (C=O) groups is 1. The van der Waals surface area contributed by atoms with Crippen LogP contribution in [0.15, 0.2) is 33.6 Å². The van der Waals surface area contributed by atoms with Gasteiger partial charge in [0.25, 0.3) is 5.91 Å². The van der Waals surface area contributed by atoms with E-state index in [1.807, 2.05) is 6.92 Å². The van der Waals surface area contributed by atoms with E-state index in [1.165, 1.54) is 6.20 Å². The van der Waals surface area contributed by atoms with Crippen LogP contribution in [0.4, 0.5) is 11.5 Å². The fourth-order valence-corrected chi connectivity index (χ4v) is 2.46. The summed E-state index contributed by atoms with van der Waals surface area (Å²) in [6.07, 6.45) is 1.51. The van der Waals surface area contributed by atoms with E-state index in [1.54, 1.807) is 18.2 Å². The lowest BCUT2D eigenvalue weighted by Gasteiger charge is -2.08. The normalized spacial score (nSPS) is 10.3. The van der Waals surface area contributed by atoms with Crippen molar-refractivity contribution in [1.29, 1.82) is 0 Å². The summed E-state index contributed by atoms with van der Waals surface area (Å²) < 4.78 is 1.05. The molecule has 1 heterocycles. The van der Waals surface area contributed by atoms with Crippen LogP contribution in [0.2, 0.25) is 0 Å². The van der Waals surface area contributed by atoms with Gasteiger partial charge in [0.1, 0.15) is 9.21 Å². The number of carbonyl (C=O) groups excluding carboxylic acids is 1. The summed E-state index contributed by atoms with van der Waals surface area (Å²) in [7, 11) is 0. The van der Waals surface area contributed by atoms with Crippen LogP contribution >= 0.6 is 31.9 Å². The van der Waals surface area contributed by atoms with Crippen molar-refractivity contribution in [2.24, 2.45) is 0 Å². The number of hydrogen-bond acceptors (Lipinski definition) is 4. The number of anilines is 2. The van der Waals surface area contributed by atoms with E-state index >= 15 is 0 Å². The monoisotopic (exact) mass is 384 g/mol. The first-order valence-electron chi connectivity index (χ1n) is 5.33. The number of aromatic nitrogens is 2.